The zero-order valence-electron chi connectivity index (χ0n) is 13.1. The molecule has 4 aromatic rings. The summed E-state index contributed by atoms with van der Waals surface area (Å²) in [6.07, 6.45) is 1.02. The molecule has 3 heterocycles. The van der Waals surface area contributed by atoms with Crippen LogP contribution in [0.2, 0.25) is 0 Å². The molecule has 1 aliphatic carbocycles. The van der Waals surface area contributed by atoms with E-state index >= 15 is 0 Å². The second-order valence-electron chi connectivity index (χ2n) is 6.17. The van der Waals surface area contributed by atoms with Gasteiger partial charge in [0.25, 0.3) is 0 Å². The molecule has 25 heavy (non-hydrogen) atoms. The highest BCUT2D eigenvalue weighted by molar-refractivity contribution is 7.08. The van der Waals surface area contributed by atoms with Crippen LogP contribution < -0.4 is 5.32 Å². The molecule has 2 atom stereocenters. The Labute approximate surface area is 147 Å². The Kier molecular flexibility index (Phi) is 3.27. The molecule has 124 valence electrons. The SMILES string of the molecule is Fc1ccc([C@@H]2C[C@H]2Nc2ccc3nnc(-c4ccsc4)n3n2)cc1. The van der Waals surface area contributed by atoms with Crippen LogP contribution in [0.3, 0.4) is 0 Å². The first-order valence-electron chi connectivity index (χ1n) is 8.05. The first-order chi connectivity index (χ1) is 12.3. The third kappa shape index (κ3) is 2.66. The number of hydrogen-bond acceptors (Lipinski definition) is 5. The van der Waals surface area contributed by atoms with E-state index in [2.05, 4.69) is 20.6 Å². The fourth-order valence-corrected chi connectivity index (χ4v) is 3.69. The summed E-state index contributed by atoms with van der Waals surface area (Å²) >= 11 is 1.62. The highest BCUT2D eigenvalue weighted by atomic mass is 32.1. The van der Waals surface area contributed by atoms with Crippen molar-refractivity contribution < 1.29 is 4.39 Å². The van der Waals surface area contributed by atoms with E-state index in [1.165, 1.54) is 12.1 Å². The lowest BCUT2D eigenvalue weighted by molar-refractivity contribution is 0.627. The third-order valence-electron chi connectivity index (χ3n) is 4.46. The van der Waals surface area contributed by atoms with Gasteiger partial charge in [0, 0.05) is 22.9 Å². The molecule has 0 aliphatic heterocycles. The monoisotopic (exact) mass is 351 g/mol. The summed E-state index contributed by atoms with van der Waals surface area (Å²) in [4.78, 5) is 0. The number of nitrogens with zero attached hydrogens (tertiary/aromatic N) is 4. The van der Waals surface area contributed by atoms with E-state index in [0.717, 1.165) is 34.8 Å². The van der Waals surface area contributed by atoms with Crippen molar-refractivity contribution in [3.63, 3.8) is 0 Å². The third-order valence-corrected chi connectivity index (χ3v) is 5.15. The summed E-state index contributed by atoms with van der Waals surface area (Å²) < 4.78 is 14.8. The molecule has 0 saturated heterocycles. The predicted molar refractivity (Wildman–Crippen MR) is 95.3 cm³/mol. The van der Waals surface area contributed by atoms with E-state index in [0.29, 0.717) is 12.0 Å². The highest BCUT2D eigenvalue weighted by Gasteiger charge is 2.38. The number of anilines is 1. The van der Waals surface area contributed by atoms with Crippen molar-refractivity contribution in [2.24, 2.45) is 0 Å². The Morgan fingerprint density at radius 1 is 1.08 bits per heavy atom. The number of hydrogen-bond donors (Lipinski definition) is 1. The second kappa shape index (κ2) is 5.63. The number of nitrogens with one attached hydrogen (secondary N) is 1. The Bertz CT molecular complexity index is 1030. The van der Waals surface area contributed by atoms with Crippen molar-refractivity contribution in [3.05, 3.63) is 64.6 Å². The molecular weight excluding hydrogens is 337 g/mol. The van der Waals surface area contributed by atoms with E-state index in [4.69, 9.17) is 0 Å². The maximum absolute atomic E-state index is 13.0. The molecule has 5 rings (SSSR count). The van der Waals surface area contributed by atoms with Crippen LogP contribution in [-0.4, -0.2) is 25.9 Å². The molecule has 7 heteroatoms. The normalized spacial score (nSPS) is 19.2. The van der Waals surface area contributed by atoms with Crippen molar-refractivity contribution in [1.82, 2.24) is 19.8 Å². The van der Waals surface area contributed by atoms with Gasteiger partial charge in [0.1, 0.15) is 11.6 Å². The van der Waals surface area contributed by atoms with Crippen LogP contribution in [0.1, 0.15) is 17.9 Å². The molecule has 0 spiro atoms. The van der Waals surface area contributed by atoms with Gasteiger partial charge in [-0.1, -0.05) is 12.1 Å². The Balaban J connectivity index is 1.39. The maximum atomic E-state index is 13.0. The van der Waals surface area contributed by atoms with Gasteiger partial charge in [0.05, 0.1) is 0 Å². The lowest BCUT2D eigenvalue weighted by atomic mass is 10.1. The smallest absolute Gasteiger partial charge is 0.186 e. The predicted octanol–water partition coefficient (Wildman–Crippen LogP) is 3.96. The van der Waals surface area contributed by atoms with Gasteiger partial charge >= 0.3 is 0 Å². The fraction of sp³-hybridized carbons (Fsp3) is 0.167. The molecule has 1 fully saturated rings. The average Bonchev–Trinajstić information content (AvgIpc) is 3.02. The molecule has 0 radical (unpaired) electrons. The van der Waals surface area contributed by atoms with Gasteiger partial charge in [-0.25, -0.2) is 4.39 Å². The number of thiophene rings is 1. The minimum absolute atomic E-state index is 0.199. The Morgan fingerprint density at radius 2 is 1.96 bits per heavy atom. The minimum atomic E-state index is -0.199. The summed E-state index contributed by atoms with van der Waals surface area (Å²) in [7, 11) is 0. The van der Waals surface area contributed by atoms with Crippen LogP contribution in [0.5, 0.6) is 0 Å². The first kappa shape index (κ1) is 14.5. The summed E-state index contributed by atoms with van der Waals surface area (Å²) in [5.74, 6) is 1.73. The zero-order chi connectivity index (χ0) is 16.8. The van der Waals surface area contributed by atoms with E-state index in [9.17, 15) is 4.39 Å². The Morgan fingerprint density at radius 3 is 2.76 bits per heavy atom. The topological polar surface area (TPSA) is 55.1 Å². The summed E-state index contributed by atoms with van der Waals surface area (Å²) in [5.41, 5.74) is 2.89. The highest BCUT2D eigenvalue weighted by Crippen LogP contribution is 2.42. The lowest BCUT2D eigenvalue weighted by Crippen LogP contribution is -2.08. The number of rotatable bonds is 4. The van der Waals surface area contributed by atoms with Gasteiger partial charge in [0.2, 0.25) is 0 Å². The molecule has 1 aromatic carbocycles. The van der Waals surface area contributed by atoms with E-state index in [1.807, 2.05) is 41.1 Å². The molecule has 1 aliphatic rings. The molecule has 3 aromatic heterocycles. The molecule has 1 saturated carbocycles. The molecule has 0 bridgehead atoms. The van der Waals surface area contributed by atoms with E-state index in [1.54, 1.807) is 15.9 Å². The first-order valence-corrected chi connectivity index (χ1v) is 8.99. The van der Waals surface area contributed by atoms with Crippen LogP contribution >= 0.6 is 11.3 Å². The van der Waals surface area contributed by atoms with Crippen molar-refractivity contribution in [3.8, 4) is 11.4 Å². The number of benzene rings is 1. The van der Waals surface area contributed by atoms with Crippen molar-refractivity contribution in [2.45, 2.75) is 18.4 Å². The van der Waals surface area contributed by atoms with Crippen molar-refractivity contribution >= 4 is 22.8 Å². The van der Waals surface area contributed by atoms with E-state index < -0.39 is 0 Å². The van der Waals surface area contributed by atoms with Gasteiger partial charge in [-0.3, -0.25) is 0 Å². The van der Waals surface area contributed by atoms with Gasteiger partial charge in [-0.2, -0.15) is 15.9 Å². The van der Waals surface area contributed by atoms with Crippen LogP contribution in [0.25, 0.3) is 17.0 Å². The maximum Gasteiger partial charge on any atom is 0.186 e. The molecule has 5 nitrogen and oxygen atoms in total. The largest absolute Gasteiger partial charge is 0.365 e. The molecular formula is C18H14FN5S. The Hall–Kier alpha value is -2.80. The van der Waals surface area contributed by atoms with Crippen LogP contribution in [0.4, 0.5) is 10.2 Å². The zero-order valence-corrected chi connectivity index (χ0v) is 13.9. The van der Waals surface area contributed by atoms with Gasteiger partial charge in [-0.15, -0.1) is 15.3 Å². The van der Waals surface area contributed by atoms with Crippen LogP contribution in [-0.2, 0) is 0 Å². The van der Waals surface area contributed by atoms with Crippen LogP contribution in [0.15, 0.2) is 53.2 Å². The second-order valence-corrected chi connectivity index (χ2v) is 6.95. The quantitative estimate of drug-likeness (QED) is 0.605. The van der Waals surface area contributed by atoms with Crippen molar-refractivity contribution in [1.29, 1.82) is 0 Å². The number of halogens is 1. The van der Waals surface area contributed by atoms with Gasteiger partial charge in [-0.05, 0) is 47.7 Å². The standard InChI is InChI=1S/C18H14FN5S/c19-13-3-1-11(2-4-13)14-9-15(14)20-16-5-6-17-21-22-18(24(17)23-16)12-7-8-25-10-12/h1-8,10,14-15H,9H2,(H,20,23)/t14-,15+/m0/s1. The number of fused-ring (bicyclic) bond motifs is 1. The molecule has 0 unspecified atom stereocenters. The lowest BCUT2D eigenvalue weighted by Gasteiger charge is -2.06. The van der Waals surface area contributed by atoms with E-state index in [-0.39, 0.29) is 5.82 Å². The number of aromatic nitrogens is 4. The fourth-order valence-electron chi connectivity index (χ4n) is 3.06. The van der Waals surface area contributed by atoms with Gasteiger partial charge in [0.15, 0.2) is 11.5 Å². The summed E-state index contributed by atoms with van der Waals surface area (Å²) in [5, 5.41) is 20.5. The summed E-state index contributed by atoms with van der Waals surface area (Å²) in [6, 6.07) is 12.9. The minimum Gasteiger partial charge on any atom is -0.365 e. The van der Waals surface area contributed by atoms with Gasteiger partial charge < -0.3 is 5.32 Å². The molecule has 1 N–H and O–H groups in total. The van der Waals surface area contributed by atoms with Crippen LogP contribution in [0, 0.1) is 5.82 Å². The molecule has 0 amide bonds. The van der Waals surface area contributed by atoms with Crippen molar-refractivity contribution in [2.75, 3.05) is 5.32 Å². The average molecular weight is 351 g/mol. The summed E-state index contributed by atoms with van der Waals surface area (Å²) in [6.45, 7) is 0.